The lowest BCUT2D eigenvalue weighted by atomic mass is 10.0. The Kier molecular flexibility index (Phi) is 4.94. The fraction of sp³-hybridized carbons (Fsp3) is 0.375. The summed E-state index contributed by atoms with van der Waals surface area (Å²) in [4.78, 5) is 2.93. The molecule has 1 aromatic carbocycles. The van der Waals surface area contributed by atoms with Crippen LogP contribution in [0.3, 0.4) is 0 Å². The van der Waals surface area contributed by atoms with Crippen LogP contribution < -0.4 is 10.1 Å². The maximum Gasteiger partial charge on any atom is 0.124 e. The van der Waals surface area contributed by atoms with Gasteiger partial charge in [0.15, 0.2) is 0 Å². The Morgan fingerprint density at radius 1 is 1.33 bits per heavy atom. The van der Waals surface area contributed by atoms with Gasteiger partial charge < -0.3 is 10.1 Å². The molecule has 0 amide bonds. The second-order valence-corrected chi connectivity index (χ2v) is 8.20. The van der Waals surface area contributed by atoms with Crippen LogP contribution >= 0.6 is 39.0 Å². The van der Waals surface area contributed by atoms with E-state index >= 15 is 0 Å². The predicted octanol–water partition coefficient (Wildman–Crippen LogP) is 4.62. The van der Waals surface area contributed by atoms with Gasteiger partial charge in [-0.15, -0.1) is 11.3 Å². The molecule has 2 nitrogen and oxygen atoms in total. The molecule has 1 aliphatic heterocycles. The molecule has 0 saturated carbocycles. The number of halogens is 1. The van der Waals surface area contributed by atoms with Crippen LogP contribution in [-0.2, 0) is 12.2 Å². The Bertz CT molecular complexity index is 618. The van der Waals surface area contributed by atoms with Crippen molar-refractivity contribution in [3.63, 3.8) is 0 Å². The molecule has 112 valence electrons. The topological polar surface area (TPSA) is 21.3 Å². The predicted molar refractivity (Wildman–Crippen MR) is 95.8 cm³/mol. The third-order valence-electron chi connectivity index (χ3n) is 3.72. The minimum absolute atomic E-state index is 0.179. The Hall–Kier alpha value is -0.490. The molecule has 0 saturated heterocycles. The molecule has 1 aliphatic rings. The summed E-state index contributed by atoms with van der Waals surface area (Å²) in [5.41, 5.74) is 2.70. The first-order valence-corrected chi connectivity index (χ1v) is 9.69. The first kappa shape index (κ1) is 15.4. The molecule has 0 fully saturated rings. The molecule has 1 N–H and O–H groups in total. The average Bonchev–Trinajstić information content (AvgIpc) is 2.92. The Labute approximate surface area is 142 Å². The number of thioether (sulfide) groups is 1. The van der Waals surface area contributed by atoms with Crippen LogP contribution in [0.4, 0.5) is 0 Å². The number of hydrogen-bond donors (Lipinski definition) is 1. The summed E-state index contributed by atoms with van der Waals surface area (Å²) < 4.78 is 6.63. The van der Waals surface area contributed by atoms with E-state index in [2.05, 4.69) is 33.4 Å². The van der Waals surface area contributed by atoms with Crippen molar-refractivity contribution in [2.24, 2.45) is 0 Å². The molecular weight excluding hydrogens is 366 g/mol. The molecule has 1 aromatic heterocycles. The maximum absolute atomic E-state index is 5.55. The largest absolute Gasteiger partial charge is 0.496 e. The van der Waals surface area contributed by atoms with Crippen molar-refractivity contribution in [1.29, 1.82) is 0 Å². The highest BCUT2D eigenvalue weighted by Crippen LogP contribution is 2.39. The van der Waals surface area contributed by atoms with Gasteiger partial charge in [0.05, 0.1) is 13.2 Å². The number of methoxy groups -OCH3 is 1. The number of ether oxygens (including phenoxy) is 1. The highest BCUT2D eigenvalue weighted by atomic mass is 79.9. The normalized spacial score (nSPS) is 15.6. The minimum Gasteiger partial charge on any atom is -0.496 e. The van der Waals surface area contributed by atoms with Crippen molar-refractivity contribution in [2.75, 3.05) is 19.9 Å². The molecule has 0 spiro atoms. The van der Waals surface area contributed by atoms with Gasteiger partial charge in [-0.25, -0.2) is 0 Å². The summed E-state index contributed by atoms with van der Waals surface area (Å²) in [5.74, 6) is 3.33. The lowest BCUT2D eigenvalue weighted by Gasteiger charge is -2.18. The summed E-state index contributed by atoms with van der Waals surface area (Å²) in [6.45, 7) is 0. The van der Waals surface area contributed by atoms with Crippen LogP contribution in [0.15, 0.2) is 28.7 Å². The Balaban J connectivity index is 2.02. The second-order valence-electron chi connectivity index (χ2n) is 5.01. The van der Waals surface area contributed by atoms with Crippen LogP contribution in [-0.4, -0.2) is 19.9 Å². The fourth-order valence-electron chi connectivity index (χ4n) is 2.69. The standard InChI is InChI=1S/C16H18BrNOS2/c1-18-16(12-8-11(17)3-4-13(12)19-2)15-7-10-9-20-6-5-14(10)21-15/h3-4,7-8,16,18H,5-6,9H2,1-2H3. The van der Waals surface area contributed by atoms with E-state index in [9.17, 15) is 0 Å². The van der Waals surface area contributed by atoms with Gasteiger partial charge in [-0.3, -0.25) is 0 Å². The van der Waals surface area contributed by atoms with Crippen molar-refractivity contribution in [3.8, 4) is 5.75 Å². The Morgan fingerprint density at radius 3 is 2.90 bits per heavy atom. The number of nitrogens with one attached hydrogen (secondary N) is 1. The molecule has 1 unspecified atom stereocenters. The molecule has 21 heavy (non-hydrogen) atoms. The van der Waals surface area contributed by atoms with E-state index in [0.29, 0.717) is 0 Å². The first-order valence-electron chi connectivity index (χ1n) is 6.93. The van der Waals surface area contributed by atoms with E-state index in [4.69, 9.17) is 4.74 Å². The summed E-state index contributed by atoms with van der Waals surface area (Å²) in [7, 11) is 3.74. The van der Waals surface area contributed by atoms with Gasteiger partial charge in [0, 0.05) is 25.5 Å². The highest BCUT2D eigenvalue weighted by molar-refractivity contribution is 9.10. The van der Waals surface area contributed by atoms with Gasteiger partial charge in [0.1, 0.15) is 5.75 Å². The van der Waals surface area contributed by atoms with Gasteiger partial charge in [-0.1, -0.05) is 15.9 Å². The van der Waals surface area contributed by atoms with Gasteiger partial charge in [-0.05, 0) is 49.1 Å². The van der Waals surface area contributed by atoms with Crippen LogP contribution in [0.5, 0.6) is 5.75 Å². The van der Waals surface area contributed by atoms with E-state index < -0.39 is 0 Å². The number of thiophene rings is 1. The lowest BCUT2D eigenvalue weighted by molar-refractivity contribution is 0.405. The number of fused-ring (bicyclic) bond motifs is 1. The van der Waals surface area contributed by atoms with E-state index in [1.807, 2.05) is 42.3 Å². The molecular formula is C16H18BrNOS2. The number of rotatable bonds is 4. The molecule has 2 heterocycles. The monoisotopic (exact) mass is 383 g/mol. The van der Waals surface area contributed by atoms with Gasteiger partial charge in [0.25, 0.3) is 0 Å². The third-order valence-corrected chi connectivity index (χ3v) is 6.53. The van der Waals surface area contributed by atoms with Crippen LogP contribution in [0.2, 0.25) is 0 Å². The summed E-state index contributed by atoms with van der Waals surface area (Å²) in [6, 6.07) is 8.73. The molecule has 3 rings (SSSR count). The molecule has 1 atom stereocenters. The Morgan fingerprint density at radius 2 is 2.19 bits per heavy atom. The summed E-state index contributed by atoms with van der Waals surface area (Å²) >= 11 is 7.54. The van der Waals surface area contributed by atoms with Gasteiger partial charge in [0.2, 0.25) is 0 Å². The smallest absolute Gasteiger partial charge is 0.124 e. The van der Waals surface area contributed by atoms with Crippen LogP contribution in [0, 0.1) is 0 Å². The quantitative estimate of drug-likeness (QED) is 0.831. The summed E-state index contributed by atoms with van der Waals surface area (Å²) in [6.07, 6.45) is 1.21. The van der Waals surface area contributed by atoms with E-state index in [0.717, 1.165) is 16.0 Å². The van der Waals surface area contributed by atoms with Crippen LogP contribution in [0.1, 0.15) is 26.9 Å². The van der Waals surface area contributed by atoms with E-state index in [-0.39, 0.29) is 6.04 Å². The van der Waals surface area contributed by atoms with E-state index in [1.54, 1.807) is 12.0 Å². The second kappa shape index (κ2) is 6.73. The lowest BCUT2D eigenvalue weighted by Crippen LogP contribution is -2.17. The number of aryl methyl sites for hydroxylation is 1. The summed E-state index contributed by atoms with van der Waals surface area (Å²) in [5, 5.41) is 3.45. The third kappa shape index (κ3) is 3.16. The van der Waals surface area contributed by atoms with Crippen molar-refractivity contribution in [3.05, 3.63) is 49.6 Å². The first-order chi connectivity index (χ1) is 10.2. The van der Waals surface area contributed by atoms with Crippen molar-refractivity contribution in [1.82, 2.24) is 5.32 Å². The van der Waals surface area contributed by atoms with E-state index in [1.165, 1.54) is 28.2 Å². The molecule has 2 aromatic rings. The van der Waals surface area contributed by atoms with Crippen molar-refractivity contribution in [2.45, 2.75) is 18.2 Å². The van der Waals surface area contributed by atoms with Gasteiger partial charge >= 0.3 is 0 Å². The molecule has 0 bridgehead atoms. The zero-order valence-corrected chi connectivity index (χ0v) is 15.3. The highest BCUT2D eigenvalue weighted by Gasteiger charge is 2.22. The average molecular weight is 384 g/mol. The number of hydrogen-bond acceptors (Lipinski definition) is 4. The van der Waals surface area contributed by atoms with Crippen LogP contribution in [0.25, 0.3) is 0 Å². The number of benzene rings is 1. The minimum atomic E-state index is 0.179. The molecule has 0 radical (unpaired) electrons. The maximum atomic E-state index is 5.55. The molecule has 5 heteroatoms. The van der Waals surface area contributed by atoms with Crippen molar-refractivity contribution >= 4 is 39.0 Å². The van der Waals surface area contributed by atoms with Gasteiger partial charge in [-0.2, -0.15) is 11.8 Å². The fourth-order valence-corrected chi connectivity index (χ4v) is 5.58. The zero-order valence-electron chi connectivity index (χ0n) is 12.1. The SMILES string of the molecule is CNC(c1cc2c(s1)CCSC2)c1cc(Br)ccc1OC. The zero-order chi connectivity index (χ0) is 14.8. The van der Waals surface area contributed by atoms with Crippen molar-refractivity contribution < 1.29 is 4.74 Å². The molecule has 0 aliphatic carbocycles.